The first-order valence-corrected chi connectivity index (χ1v) is 27.8. The van der Waals surface area contributed by atoms with E-state index in [0.29, 0.717) is 0 Å². The average molecular weight is 1040 g/mol. The molecule has 0 amide bonds. The predicted octanol–water partition coefficient (Wildman–Crippen LogP) is 18.4. The van der Waals surface area contributed by atoms with Crippen molar-refractivity contribution in [2.75, 3.05) is 9.80 Å². The van der Waals surface area contributed by atoms with Gasteiger partial charge in [-0.2, -0.15) is 0 Å². The summed E-state index contributed by atoms with van der Waals surface area (Å²) in [5.74, 6) is 0. The molecule has 0 radical (unpaired) electrons. The molecule has 6 heteroatoms. The van der Waals surface area contributed by atoms with Crippen LogP contribution in [-0.2, 0) is 5.41 Å². The van der Waals surface area contributed by atoms with Crippen molar-refractivity contribution in [3.63, 3.8) is 0 Å². The maximum atomic E-state index is 5.16. The normalized spacial score (nSPS) is 14.2. The number of pyridine rings is 2. The number of fused-ring (bicyclic) bond motifs is 5. The number of aromatic nitrogens is 4. The maximum Gasteiger partial charge on any atom is 0.137 e. The lowest BCUT2D eigenvalue weighted by molar-refractivity contribution is 0.725. The molecule has 384 valence electrons. The molecule has 9 aromatic carbocycles. The molecule has 4 heterocycles. The zero-order valence-electron chi connectivity index (χ0n) is 44.4. The molecule has 0 saturated carbocycles. The third-order valence-corrected chi connectivity index (χ3v) is 16.3. The first-order valence-electron chi connectivity index (χ1n) is 27.8. The quantitative estimate of drug-likeness (QED) is 0.122. The van der Waals surface area contributed by atoms with Gasteiger partial charge in [0.15, 0.2) is 0 Å². The Morgan fingerprint density at radius 1 is 0.383 bits per heavy atom. The number of rotatable bonds is 12. The summed E-state index contributed by atoms with van der Waals surface area (Å²) in [6, 6.07) is 103. The lowest BCUT2D eigenvalue weighted by atomic mass is 9.66. The number of imidazole rings is 2. The van der Waals surface area contributed by atoms with E-state index in [1.807, 2.05) is 0 Å². The van der Waals surface area contributed by atoms with E-state index in [9.17, 15) is 0 Å². The molecule has 0 bridgehead atoms. The van der Waals surface area contributed by atoms with E-state index in [4.69, 9.17) is 9.97 Å². The molecule has 0 saturated heterocycles. The van der Waals surface area contributed by atoms with Gasteiger partial charge in [-0.3, -0.25) is 8.80 Å². The van der Waals surface area contributed by atoms with Gasteiger partial charge in [0.2, 0.25) is 0 Å². The Labute approximate surface area is 471 Å². The smallest absolute Gasteiger partial charge is 0.137 e. The molecule has 2 aliphatic rings. The predicted molar refractivity (Wildman–Crippen MR) is 333 cm³/mol. The SMILES string of the molecule is C1=C2C(=CC(N(c3ccccc3)c3ccc(-c4c(-c5ccccc5)nc5ccccn45)cc3)C1)C(c1ccccc1)(c1ccccc1)c1cc(N(c3ccccc3)c3ccc(-c4c(-c5ccccc5)nc5ccccn45)cc3)ccc12. The van der Waals surface area contributed by atoms with Gasteiger partial charge in [0.1, 0.15) is 11.3 Å². The van der Waals surface area contributed by atoms with Gasteiger partial charge in [-0.15, -0.1) is 0 Å². The topological polar surface area (TPSA) is 41.1 Å². The minimum absolute atomic E-state index is 0.0251. The molecule has 0 spiro atoms. The van der Waals surface area contributed by atoms with Crippen molar-refractivity contribution in [1.29, 1.82) is 0 Å². The van der Waals surface area contributed by atoms with E-state index in [0.717, 1.165) is 91.2 Å². The van der Waals surface area contributed by atoms with E-state index in [2.05, 4.69) is 328 Å². The first-order chi connectivity index (χ1) is 40.2. The van der Waals surface area contributed by atoms with Crippen LogP contribution in [0, 0.1) is 0 Å². The monoisotopic (exact) mass is 1040 g/mol. The van der Waals surface area contributed by atoms with Crippen molar-refractivity contribution < 1.29 is 0 Å². The van der Waals surface area contributed by atoms with Crippen LogP contribution in [0.1, 0.15) is 28.7 Å². The van der Waals surface area contributed by atoms with Crippen LogP contribution in [-0.4, -0.2) is 24.8 Å². The summed E-state index contributed by atoms with van der Waals surface area (Å²) in [5, 5.41) is 0. The molecule has 1 unspecified atom stereocenters. The summed E-state index contributed by atoms with van der Waals surface area (Å²) in [7, 11) is 0. The minimum atomic E-state index is -0.662. The molecule has 0 aliphatic heterocycles. The number of para-hydroxylation sites is 2. The number of benzene rings is 9. The molecule has 2 aliphatic carbocycles. The van der Waals surface area contributed by atoms with Gasteiger partial charge in [0, 0.05) is 63.1 Å². The average Bonchev–Trinajstić information content (AvgIpc) is 4.28. The summed E-state index contributed by atoms with van der Waals surface area (Å²) in [4.78, 5) is 15.2. The Balaban J connectivity index is 0.873. The molecule has 4 aromatic heterocycles. The Hall–Kier alpha value is -10.6. The fourth-order valence-corrected chi connectivity index (χ4v) is 12.8. The van der Waals surface area contributed by atoms with Gasteiger partial charge in [-0.1, -0.05) is 212 Å². The molecule has 6 nitrogen and oxygen atoms in total. The van der Waals surface area contributed by atoms with Crippen molar-refractivity contribution in [3.8, 4) is 45.0 Å². The van der Waals surface area contributed by atoms with Gasteiger partial charge < -0.3 is 9.80 Å². The first kappa shape index (κ1) is 47.6. The Bertz CT molecular complexity index is 4410. The number of allylic oxidation sites excluding steroid dienone is 2. The standard InChI is InChI=1S/C75H54N6/c1-7-23-53(24-8-1)71-73(78-49-21-19-35-69(78)76-71)55-37-41-61(42-38-55)80(59-31-15-5-16-32-59)63-45-47-65-66-48-46-64(52-68(66)75(67(65)51-63,57-27-11-3-12-28-57)58-29-13-4-14-30-58)81(60-33-17-6-18-34-60)62-43-39-56(40-44-62)74-72(54-25-9-2-10-26-54)77-70-36-20-22-50-79(70)74/h1-45,47-52,64H,46H2. The number of anilines is 5. The van der Waals surface area contributed by atoms with Crippen LogP contribution in [0.25, 0.3) is 61.9 Å². The van der Waals surface area contributed by atoms with Crippen molar-refractivity contribution in [1.82, 2.24) is 18.8 Å². The zero-order valence-corrected chi connectivity index (χ0v) is 44.4. The number of hydrogen-bond acceptors (Lipinski definition) is 4. The van der Waals surface area contributed by atoms with Crippen molar-refractivity contribution >= 4 is 45.3 Å². The van der Waals surface area contributed by atoms with Gasteiger partial charge >= 0.3 is 0 Å². The van der Waals surface area contributed by atoms with E-state index in [1.54, 1.807) is 0 Å². The van der Waals surface area contributed by atoms with Crippen LogP contribution in [0.4, 0.5) is 28.4 Å². The second-order valence-electron chi connectivity index (χ2n) is 20.9. The fourth-order valence-electron chi connectivity index (χ4n) is 12.8. The third kappa shape index (κ3) is 8.10. The summed E-state index contributed by atoms with van der Waals surface area (Å²) in [6.07, 6.45) is 10.1. The van der Waals surface area contributed by atoms with E-state index >= 15 is 0 Å². The van der Waals surface area contributed by atoms with Crippen LogP contribution in [0.2, 0.25) is 0 Å². The molecular formula is C75H54N6. The Kier molecular flexibility index (Phi) is 11.8. The van der Waals surface area contributed by atoms with Crippen molar-refractivity contribution in [2.45, 2.75) is 17.9 Å². The van der Waals surface area contributed by atoms with Crippen LogP contribution < -0.4 is 9.80 Å². The maximum absolute atomic E-state index is 5.16. The molecule has 81 heavy (non-hydrogen) atoms. The van der Waals surface area contributed by atoms with Gasteiger partial charge in [-0.05, 0) is 125 Å². The minimum Gasteiger partial charge on any atom is -0.334 e. The summed E-state index contributed by atoms with van der Waals surface area (Å²) >= 11 is 0. The summed E-state index contributed by atoms with van der Waals surface area (Å²) < 4.78 is 4.41. The van der Waals surface area contributed by atoms with Gasteiger partial charge in [-0.25, -0.2) is 9.97 Å². The number of nitrogens with zero attached hydrogens (tertiary/aromatic N) is 6. The van der Waals surface area contributed by atoms with Crippen LogP contribution in [0.5, 0.6) is 0 Å². The van der Waals surface area contributed by atoms with E-state index < -0.39 is 5.41 Å². The largest absolute Gasteiger partial charge is 0.334 e. The molecular weight excluding hydrogens is 985 g/mol. The third-order valence-electron chi connectivity index (χ3n) is 16.3. The van der Waals surface area contributed by atoms with E-state index in [1.165, 1.54) is 33.4 Å². The van der Waals surface area contributed by atoms with Gasteiger partial charge in [0.25, 0.3) is 0 Å². The lowest BCUT2D eigenvalue weighted by Gasteiger charge is -2.39. The highest BCUT2D eigenvalue weighted by atomic mass is 15.2. The van der Waals surface area contributed by atoms with Crippen LogP contribution >= 0.6 is 0 Å². The van der Waals surface area contributed by atoms with Crippen molar-refractivity contribution in [3.05, 3.63) is 337 Å². The second-order valence-corrected chi connectivity index (χ2v) is 20.9. The van der Waals surface area contributed by atoms with Crippen LogP contribution in [0.15, 0.2) is 315 Å². The van der Waals surface area contributed by atoms with Gasteiger partial charge in [0.05, 0.1) is 34.2 Å². The fraction of sp³-hybridized carbons (Fsp3) is 0.0400. The van der Waals surface area contributed by atoms with Crippen molar-refractivity contribution in [2.24, 2.45) is 0 Å². The highest BCUT2D eigenvalue weighted by molar-refractivity contribution is 5.97. The van der Waals surface area contributed by atoms with Crippen LogP contribution in [0.3, 0.4) is 0 Å². The number of hydrogen-bond donors (Lipinski definition) is 0. The second kappa shape index (κ2) is 20.0. The molecule has 13 aromatic rings. The lowest BCUT2D eigenvalue weighted by Crippen LogP contribution is -2.34. The Morgan fingerprint density at radius 3 is 1.32 bits per heavy atom. The zero-order chi connectivity index (χ0) is 53.7. The Morgan fingerprint density at radius 2 is 0.802 bits per heavy atom. The molecule has 0 fully saturated rings. The summed E-state index contributed by atoms with van der Waals surface area (Å²) in [6.45, 7) is 0. The molecule has 0 N–H and O–H groups in total. The van der Waals surface area contributed by atoms with E-state index in [-0.39, 0.29) is 6.04 Å². The highest BCUT2D eigenvalue weighted by Crippen LogP contribution is 2.60. The summed E-state index contributed by atoms with van der Waals surface area (Å²) in [5.41, 5.74) is 22.6. The molecule has 15 rings (SSSR count). The highest BCUT2D eigenvalue weighted by Gasteiger charge is 2.50. The molecule has 1 atom stereocenters.